The van der Waals surface area contributed by atoms with Gasteiger partial charge in [0.2, 0.25) is 0 Å². The Balaban J connectivity index is 2.53. The number of anilines is 1. The normalized spacial score (nSPS) is 14.5. The minimum absolute atomic E-state index is 0.0552. The van der Waals surface area contributed by atoms with Crippen molar-refractivity contribution in [2.75, 3.05) is 5.73 Å². The van der Waals surface area contributed by atoms with Crippen LogP contribution in [0.2, 0.25) is 0 Å². The topological polar surface area (TPSA) is 96.5 Å². The van der Waals surface area contributed by atoms with Crippen molar-refractivity contribution in [1.82, 2.24) is 10.0 Å². The number of hydroxylamine groups is 2. The Hall–Kier alpha value is -2.47. The number of nitrogens with zero attached hydrogens (tertiary/aromatic N) is 2. The molecule has 0 fully saturated rings. The average molecular weight is 229 g/mol. The minimum atomic E-state index is -0.821. The molecule has 17 heavy (non-hydrogen) atoms. The van der Waals surface area contributed by atoms with Crippen LogP contribution in [0.4, 0.5) is 5.69 Å². The Morgan fingerprint density at radius 2 is 2.00 bits per heavy atom. The van der Waals surface area contributed by atoms with Crippen LogP contribution in [0.3, 0.4) is 0 Å². The van der Waals surface area contributed by atoms with Crippen molar-refractivity contribution in [3.63, 3.8) is 0 Å². The molecule has 0 unspecified atom stereocenters. The van der Waals surface area contributed by atoms with Crippen LogP contribution in [0.15, 0.2) is 24.4 Å². The third-order valence-electron chi connectivity index (χ3n) is 2.70. The molecule has 0 bridgehead atoms. The van der Waals surface area contributed by atoms with Crippen molar-refractivity contribution in [2.45, 2.75) is 0 Å². The number of nitrogen functional groups attached to an aromatic ring is 1. The highest BCUT2D eigenvalue weighted by atomic mass is 16.5. The van der Waals surface area contributed by atoms with Gasteiger partial charge in [0.1, 0.15) is 5.69 Å². The number of imide groups is 1. The second kappa shape index (κ2) is 3.02. The first-order chi connectivity index (χ1) is 8.09. The Labute approximate surface area is 95.2 Å². The Kier molecular flexibility index (Phi) is 1.73. The molecule has 0 atom stereocenters. The smallest absolute Gasteiger partial charge is 0.304 e. The van der Waals surface area contributed by atoms with Gasteiger partial charge in [0, 0.05) is 17.3 Å². The first-order valence-corrected chi connectivity index (χ1v) is 4.85. The van der Waals surface area contributed by atoms with Crippen molar-refractivity contribution in [2.24, 2.45) is 0 Å². The third kappa shape index (κ3) is 1.15. The number of nitrogens with two attached hydrogens (primary N) is 1. The minimum Gasteiger partial charge on any atom is -0.399 e. The fraction of sp³-hybridized carbons (Fsp3) is 0. The molecule has 1 aromatic heterocycles. The number of amides is 2. The highest BCUT2D eigenvalue weighted by Gasteiger charge is 2.33. The molecule has 2 amide bonds. The summed E-state index contributed by atoms with van der Waals surface area (Å²) in [6.45, 7) is 0. The second-order valence-corrected chi connectivity index (χ2v) is 3.75. The Morgan fingerprint density at radius 3 is 2.76 bits per heavy atom. The lowest BCUT2D eigenvalue weighted by atomic mass is 9.98. The van der Waals surface area contributed by atoms with Crippen molar-refractivity contribution >= 4 is 28.3 Å². The summed E-state index contributed by atoms with van der Waals surface area (Å²) in [6.07, 6.45) is 1.43. The van der Waals surface area contributed by atoms with Crippen LogP contribution in [-0.4, -0.2) is 27.1 Å². The number of carbonyl (C=O) groups excluding carboxylic acids is 2. The van der Waals surface area contributed by atoms with Crippen LogP contribution < -0.4 is 5.73 Å². The molecule has 84 valence electrons. The lowest BCUT2D eigenvalue weighted by molar-refractivity contribution is -0.0381. The van der Waals surface area contributed by atoms with Gasteiger partial charge >= 0.3 is 5.91 Å². The second-order valence-electron chi connectivity index (χ2n) is 3.75. The summed E-state index contributed by atoms with van der Waals surface area (Å²) in [5.41, 5.74) is 6.29. The molecular formula is C11H7N3O3. The Morgan fingerprint density at radius 1 is 1.24 bits per heavy atom. The van der Waals surface area contributed by atoms with Gasteiger partial charge in [0.05, 0.1) is 5.56 Å². The monoisotopic (exact) mass is 229 g/mol. The molecule has 0 spiro atoms. The molecule has 1 aliphatic heterocycles. The van der Waals surface area contributed by atoms with Crippen LogP contribution in [0.5, 0.6) is 0 Å². The van der Waals surface area contributed by atoms with E-state index >= 15 is 0 Å². The van der Waals surface area contributed by atoms with E-state index in [0.717, 1.165) is 0 Å². The van der Waals surface area contributed by atoms with Crippen LogP contribution in [0, 0.1) is 0 Å². The first-order valence-electron chi connectivity index (χ1n) is 4.85. The third-order valence-corrected chi connectivity index (χ3v) is 2.70. The molecule has 6 heteroatoms. The van der Waals surface area contributed by atoms with E-state index in [9.17, 15) is 14.8 Å². The van der Waals surface area contributed by atoms with Gasteiger partial charge < -0.3 is 5.73 Å². The standard InChI is InChI=1S/C11H7N3O3/c12-6-3-5-1-2-13-9-8(5)7(4-6)10(15)14(17)11(9)16/h1-4,17H,12H2. The zero-order valence-corrected chi connectivity index (χ0v) is 8.54. The summed E-state index contributed by atoms with van der Waals surface area (Å²) >= 11 is 0. The maximum absolute atomic E-state index is 11.7. The summed E-state index contributed by atoms with van der Waals surface area (Å²) in [6, 6.07) is 4.73. The molecule has 6 nitrogen and oxygen atoms in total. The van der Waals surface area contributed by atoms with Crippen LogP contribution >= 0.6 is 0 Å². The SMILES string of the molecule is Nc1cc2c3c(nccc3c1)C(=O)N(O)C2=O. The summed E-state index contributed by atoms with van der Waals surface area (Å²) in [5, 5.41) is 10.5. The lowest BCUT2D eigenvalue weighted by Crippen LogP contribution is -2.38. The molecule has 2 aromatic rings. The predicted octanol–water partition coefficient (Wildman–Crippen LogP) is 0.802. The molecule has 0 saturated heterocycles. The van der Waals surface area contributed by atoms with Gasteiger partial charge in [0.25, 0.3) is 5.91 Å². The highest BCUT2D eigenvalue weighted by molar-refractivity contribution is 6.24. The number of carbonyl (C=O) groups is 2. The maximum Gasteiger partial charge on any atom is 0.304 e. The molecule has 0 radical (unpaired) electrons. The van der Waals surface area contributed by atoms with E-state index in [1.165, 1.54) is 12.3 Å². The van der Waals surface area contributed by atoms with Gasteiger partial charge in [-0.05, 0) is 23.6 Å². The lowest BCUT2D eigenvalue weighted by Gasteiger charge is -2.21. The zero-order valence-electron chi connectivity index (χ0n) is 8.54. The van der Waals surface area contributed by atoms with Crippen molar-refractivity contribution < 1.29 is 14.8 Å². The number of hydrogen-bond acceptors (Lipinski definition) is 5. The molecule has 1 aliphatic rings. The number of rotatable bonds is 0. The quantitative estimate of drug-likeness (QED) is 0.395. The van der Waals surface area contributed by atoms with Crippen LogP contribution in [0.25, 0.3) is 10.8 Å². The predicted molar refractivity (Wildman–Crippen MR) is 58.4 cm³/mol. The largest absolute Gasteiger partial charge is 0.399 e. The molecular weight excluding hydrogens is 222 g/mol. The molecule has 2 heterocycles. The van der Waals surface area contributed by atoms with Gasteiger partial charge in [-0.25, -0.2) is 0 Å². The van der Waals surface area contributed by atoms with Crippen molar-refractivity contribution in [3.8, 4) is 0 Å². The van der Waals surface area contributed by atoms with Gasteiger partial charge in [-0.3, -0.25) is 19.8 Å². The molecule has 3 N–H and O–H groups in total. The molecule has 1 aromatic carbocycles. The summed E-state index contributed by atoms with van der Waals surface area (Å²) in [7, 11) is 0. The number of benzene rings is 1. The average Bonchev–Trinajstić information content (AvgIpc) is 2.32. The van der Waals surface area contributed by atoms with E-state index in [1.54, 1.807) is 12.1 Å². The number of hydrogen-bond donors (Lipinski definition) is 2. The van der Waals surface area contributed by atoms with Gasteiger partial charge in [0.15, 0.2) is 0 Å². The maximum atomic E-state index is 11.7. The fourth-order valence-electron chi connectivity index (χ4n) is 1.98. The van der Waals surface area contributed by atoms with E-state index in [-0.39, 0.29) is 16.3 Å². The fourth-order valence-corrected chi connectivity index (χ4v) is 1.98. The summed E-state index contributed by atoms with van der Waals surface area (Å²) in [4.78, 5) is 27.3. The highest BCUT2D eigenvalue weighted by Crippen LogP contribution is 2.29. The van der Waals surface area contributed by atoms with E-state index in [1.807, 2.05) is 0 Å². The molecule has 3 rings (SSSR count). The number of pyridine rings is 1. The van der Waals surface area contributed by atoms with E-state index in [0.29, 0.717) is 16.5 Å². The van der Waals surface area contributed by atoms with Gasteiger partial charge in [-0.1, -0.05) is 0 Å². The zero-order chi connectivity index (χ0) is 12.2. The summed E-state index contributed by atoms with van der Waals surface area (Å²) < 4.78 is 0. The number of aromatic nitrogens is 1. The molecule has 0 saturated carbocycles. The Bertz CT molecular complexity index is 681. The van der Waals surface area contributed by atoms with Gasteiger partial charge in [-0.15, -0.1) is 5.06 Å². The van der Waals surface area contributed by atoms with Gasteiger partial charge in [-0.2, -0.15) is 0 Å². The van der Waals surface area contributed by atoms with Crippen molar-refractivity contribution in [1.29, 1.82) is 0 Å². The first kappa shape index (κ1) is 9.73. The molecule has 0 aliphatic carbocycles. The van der Waals surface area contributed by atoms with Crippen LogP contribution in [-0.2, 0) is 0 Å². The van der Waals surface area contributed by atoms with Crippen molar-refractivity contribution in [3.05, 3.63) is 35.7 Å². The van der Waals surface area contributed by atoms with E-state index < -0.39 is 11.8 Å². The summed E-state index contributed by atoms with van der Waals surface area (Å²) in [5.74, 6) is -1.61. The van der Waals surface area contributed by atoms with E-state index in [4.69, 9.17) is 5.73 Å². The van der Waals surface area contributed by atoms with E-state index in [2.05, 4.69) is 4.98 Å². The van der Waals surface area contributed by atoms with Crippen LogP contribution in [0.1, 0.15) is 20.8 Å².